The number of amides is 1. The Balaban J connectivity index is 4.58. The summed E-state index contributed by atoms with van der Waals surface area (Å²) in [5, 5.41) is 2.78. The summed E-state index contributed by atoms with van der Waals surface area (Å²) in [5.74, 6) is 0.261. The first-order valence-electron chi connectivity index (χ1n) is 5.73. The van der Waals surface area contributed by atoms with Crippen molar-refractivity contribution in [2.75, 3.05) is 14.1 Å². The minimum Gasteiger partial charge on any atom is -0.345 e. The van der Waals surface area contributed by atoms with Crippen LogP contribution in [0.4, 0.5) is 0 Å². The maximum absolute atomic E-state index is 12.0. The van der Waals surface area contributed by atoms with Crippen LogP contribution in [-0.4, -0.2) is 43.3 Å². The summed E-state index contributed by atoms with van der Waals surface area (Å²) in [7, 11) is 3.74. The van der Waals surface area contributed by atoms with E-state index in [1.807, 2.05) is 46.7 Å². The molecule has 0 spiro atoms. The number of hydrogen-bond donors (Lipinski definition) is 1. The topological polar surface area (TPSA) is 49.4 Å². The van der Waals surface area contributed by atoms with E-state index in [9.17, 15) is 9.59 Å². The highest BCUT2D eigenvalue weighted by molar-refractivity contribution is 5.84. The number of hydrogen-bond acceptors (Lipinski definition) is 3. The van der Waals surface area contributed by atoms with Crippen molar-refractivity contribution in [2.24, 2.45) is 11.8 Å². The maximum atomic E-state index is 12.0. The Hall–Kier alpha value is -0.900. The average molecular weight is 228 g/mol. The van der Waals surface area contributed by atoms with Gasteiger partial charge in [0.2, 0.25) is 5.91 Å². The van der Waals surface area contributed by atoms with Gasteiger partial charge in [-0.1, -0.05) is 27.7 Å². The number of nitrogens with zero attached hydrogens (tertiary/aromatic N) is 1. The predicted octanol–water partition coefficient (Wildman–Crippen LogP) is 0.912. The molecule has 0 saturated heterocycles. The van der Waals surface area contributed by atoms with Gasteiger partial charge in [0.15, 0.2) is 0 Å². The van der Waals surface area contributed by atoms with Crippen molar-refractivity contribution in [2.45, 2.75) is 39.8 Å². The molecule has 1 N–H and O–H groups in total. The Labute approximate surface area is 98.4 Å². The molecule has 4 nitrogen and oxygen atoms in total. The number of nitrogens with one attached hydrogen (secondary N) is 1. The van der Waals surface area contributed by atoms with E-state index in [-0.39, 0.29) is 23.8 Å². The number of rotatable bonds is 6. The normalized spacial score (nSPS) is 15.3. The van der Waals surface area contributed by atoms with Crippen molar-refractivity contribution >= 4 is 12.2 Å². The van der Waals surface area contributed by atoms with Gasteiger partial charge < -0.3 is 10.1 Å². The zero-order valence-corrected chi connectivity index (χ0v) is 11.2. The van der Waals surface area contributed by atoms with Crippen molar-refractivity contribution in [1.82, 2.24) is 10.2 Å². The van der Waals surface area contributed by atoms with E-state index in [4.69, 9.17) is 0 Å². The van der Waals surface area contributed by atoms with Crippen LogP contribution < -0.4 is 5.32 Å². The van der Waals surface area contributed by atoms with Crippen LogP contribution in [0, 0.1) is 11.8 Å². The van der Waals surface area contributed by atoms with Crippen LogP contribution in [-0.2, 0) is 9.59 Å². The molecule has 1 amide bonds. The monoisotopic (exact) mass is 228 g/mol. The van der Waals surface area contributed by atoms with Crippen LogP contribution in [0.3, 0.4) is 0 Å². The summed E-state index contributed by atoms with van der Waals surface area (Å²) in [4.78, 5) is 24.7. The first kappa shape index (κ1) is 15.1. The van der Waals surface area contributed by atoms with Gasteiger partial charge in [-0.25, -0.2) is 0 Å². The highest BCUT2D eigenvalue weighted by atomic mass is 16.2. The van der Waals surface area contributed by atoms with Gasteiger partial charge in [-0.2, -0.15) is 0 Å². The smallest absolute Gasteiger partial charge is 0.238 e. The predicted molar refractivity (Wildman–Crippen MR) is 65.1 cm³/mol. The molecule has 0 aromatic heterocycles. The highest BCUT2D eigenvalue weighted by Gasteiger charge is 2.26. The minimum absolute atomic E-state index is 0.0780. The third-order valence-corrected chi connectivity index (χ3v) is 2.63. The second-order valence-corrected chi connectivity index (χ2v) is 5.07. The fourth-order valence-electron chi connectivity index (χ4n) is 1.74. The zero-order valence-electron chi connectivity index (χ0n) is 11.2. The molecule has 0 aromatic carbocycles. The summed E-state index contributed by atoms with van der Waals surface area (Å²) in [6, 6.07) is -0.588. The fraction of sp³-hybridized carbons (Fsp3) is 0.833. The lowest BCUT2D eigenvalue weighted by molar-refractivity contribution is -0.129. The first-order valence-corrected chi connectivity index (χ1v) is 5.73. The lowest BCUT2D eigenvalue weighted by Crippen LogP contribution is -2.51. The molecule has 0 fully saturated rings. The van der Waals surface area contributed by atoms with E-state index in [2.05, 4.69) is 5.32 Å². The number of carbonyl (C=O) groups excluding carboxylic acids is 2. The molecule has 0 bridgehead atoms. The molecule has 0 aliphatic carbocycles. The van der Waals surface area contributed by atoms with E-state index < -0.39 is 6.04 Å². The van der Waals surface area contributed by atoms with Crippen LogP contribution in [0.1, 0.15) is 27.7 Å². The molecular weight excluding hydrogens is 204 g/mol. The molecule has 16 heavy (non-hydrogen) atoms. The van der Waals surface area contributed by atoms with Crippen LogP contribution in [0.25, 0.3) is 0 Å². The van der Waals surface area contributed by atoms with Crippen LogP contribution in [0.15, 0.2) is 0 Å². The quantitative estimate of drug-likeness (QED) is 0.688. The molecule has 0 rings (SSSR count). The number of aldehydes is 1. The maximum Gasteiger partial charge on any atom is 0.238 e. The molecule has 0 saturated carbocycles. The molecule has 0 heterocycles. The molecule has 0 aromatic rings. The van der Waals surface area contributed by atoms with Crippen molar-refractivity contribution < 1.29 is 9.59 Å². The van der Waals surface area contributed by atoms with E-state index >= 15 is 0 Å². The average Bonchev–Trinajstić information content (AvgIpc) is 2.12. The highest BCUT2D eigenvalue weighted by Crippen LogP contribution is 2.09. The van der Waals surface area contributed by atoms with Crippen molar-refractivity contribution in [3.63, 3.8) is 0 Å². The lowest BCUT2D eigenvalue weighted by atomic mass is 10.0. The van der Waals surface area contributed by atoms with E-state index in [0.717, 1.165) is 6.29 Å². The van der Waals surface area contributed by atoms with E-state index in [0.29, 0.717) is 0 Å². The molecule has 0 radical (unpaired) electrons. The van der Waals surface area contributed by atoms with Crippen molar-refractivity contribution in [3.05, 3.63) is 0 Å². The summed E-state index contributed by atoms with van der Waals surface area (Å²) in [5.41, 5.74) is 0. The molecule has 0 aliphatic rings. The van der Waals surface area contributed by atoms with Gasteiger partial charge >= 0.3 is 0 Å². The van der Waals surface area contributed by atoms with Gasteiger partial charge in [-0.3, -0.25) is 9.69 Å². The SMILES string of the molecule is CC(C)C(C(=O)N[C@H](C=O)C(C)C)N(C)C. The summed E-state index contributed by atoms with van der Waals surface area (Å²) < 4.78 is 0. The van der Waals surface area contributed by atoms with E-state index in [1.165, 1.54) is 0 Å². The summed E-state index contributed by atoms with van der Waals surface area (Å²) >= 11 is 0. The molecule has 94 valence electrons. The number of likely N-dealkylation sites (N-methyl/N-ethyl adjacent to an activating group) is 1. The van der Waals surface area contributed by atoms with Crippen molar-refractivity contribution in [1.29, 1.82) is 0 Å². The third-order valence-electron chi connectivity index (χ3n) is 2.63. The van der Waals surface area contributed by atoms with Crippen molar-refractivity contribution in [3.8, 4) is 0 Å². The molecular formula is C12H24N2O2. The molecule has 0 aliphatic heterocycles. The molecule has 1 unspecified atom stereocenters. The largest absolute Gasteiger partial charge is 0.345 e. The van der Waals surface area contributed by atoms with Gasteiger partial charge in [-0.15, -0.1) is 0 Å². The van der Waals surface area contributed by atoms with Gasteiger partial charge in [0.05, 0.1) is 12.1 Å². The Morgan fingerprint density at radius 1 is 1.12 bits per heavy atom. The summed E-state index contributed by atoms with van der Waals surface area (Å²) in [6.45, 7) is 7.82. The van der Waals surface area contributed by atoms with Crippen LogP contribution in [0.2, 0.25) is 0 Å². The Kier molecular flexibility index (Phi) is 6.26. The second-order valence-electron chi connectivity index (χ2n) is 5.07. The second kappa shape index (κ2) is 6.63. The Bertz CT molecular complexity index is 229. The van der Waals surface area contributed by atoms with Crippen LogP contribution in [0.5, 0.6) is 0 Å². The van der Waals surface area contributed by atoms with Gasteiger partial charge in [0.25, 0.3) is 0 Å². The van der Waals surface area contributed by atoms with Gasteiger partial charge in [0.1, 0.15) is 6.29 Å². The van der Waals surface area contributed by atoms with Gasteiger partial charge in [0, 0.05) is 0 Å². The first-order chi connectivity index (χ1) is 7.31. The van der Waals surface area contributed by atoms with E-state index in [1.54, 1.807) is 0 Å². The fourth-order valence-corrected chi connectivity index (χ4v) is 1.74. The number of carbonyl (C=O) groups is 2. The zero-order chi connectivity index (χ0) is 12.9. The minimum atomic E-state index is -0.395. The lowest BCUT2D eigenvalue weighted by Gasteiger charge is -2.28. The Morgan fingerprint density at radius 2 is 1.62 bits per heavy atom. The molecule has 4 heteroatoms. The standard InChI is InChI=1S/C12H24N2O2/c1-8(2)10(7-15)13-12(16)11(9(3)4)14(5)6/h7-11H,1-6H3,(H,13,16)/t10-,11?/m1/s1. The third kappa shape index (κ3) is 4.31. The van der Waals surface area contributed by atoms with Gasteiger partial charge in [-0.05, 0) is 25.9 Å². The summed E-state index contributed by atoms with van der Waals surface area (Å²) in [6.07, 6.45) is 0.801. The van der Waals surface area contributed by atoms with Crippen LogP contribution >= 0.6 is 0 Å². The molecule has 2 atom stereocenters. The Morgan fingerprint density at radius 3 is 1.88 bits per heavy atom.